The molecule has 0 fully saturated rings. The maximum absolute atomic E-state index is 5.53. The van der Waals surface area contributed by atoms with Crippen LogP contribution < -0.4 is 5.32 Å². The molecule has 106 valence electrons. The standard InChI is InChI=1S/C14H28N2OS/c1-6-17-9-13(11(4)5)16-14-15-8-12(18-14)7-10(2)3/h10-13H,6-9H2,1-5H3,(H,15,16). The molecule has 3 nitrogen and oxygen atoms in total. The Bertz CT molecular complexity index is 267. The van der Waals surface area contributed by atoms with Crippen molar-refractivity contribution in [3.05, 3.63) is 0 Å². The second kappa shape index (κ2) is 8.05. The van der Waals surface area contributed by atoms with Gasteiger partial charge >= 0.3 is 0 Å². The van der Waals surface area contributed by atoms with Crippen molar-refractivity contribution in [1.82, 2.24) is 5.32 Å². The van der Waals surface area contributed by atoms with Crippen LogP contribution in [-0.2, 0) is 4.74 Å². The number of hydrogen-bond acceptors (Lipinski definition) is 4. The molecule has 2 unspecified atom stereocenters. The summed E-state index contributed by atoms with van der Waals surface area (Å²) in [7, 11) is 0. The minimum atomic E-state index is 0.369. The molecule has 0 radical (unpaired) electrons. The van der Waals surface area contributed by atoms with Gasteiger partial charge in [-0.05, 0) is 25.2 Å². The van der Waals surface area contributed by atoms with E-state index in [0.717, 1.165) is 30.8 Å². The van der Waals surface area contributed by atoms with Gasteiger partial charge in [-0.15, -0.1) is 0 Å². The monoisotopic (exact) mass is 272 g/mol. The Morgan fingerprint density at radius 3 is 2.67 bits per heavy atom. The lowest BCUT2D eigenvalue weighted by Gasteiger charge is -2.23. The molecule has 1 rings (SSSR count). The summed E-state index contributed by atoms with van der Waals surface area (Å²) in [5.41, 5.74) is 0. The molecular weight excluding hydrogens is 244 g/mol. The first-order valence-corrected chi connectivity index (χ1v) is 7.96. The highest BCUT2D eigenvalue weighted by Gasteiger charge is 2.23. The van der Waals surface area contributed by atoms with Crippen LogP contribution in [0.2, 0.25) is 0 Å². The van der Waals surface area contributed by atoms with E-state index in [0.29, 0.717) is 17.2 Å². The van der Waals surface area contributed by atoms with Crippen LogP contribution in [-0.4, -0.2) is 36.2 Å². The fraction of sp³-hybridized carbons (Fsp3) is 0.929. The summed E-state index contributed by atoms with van der Waals surface area (Å²) < 4.78 is 5.53. The molecule has 0 aliphatic carbocycles. The quantitative estimate of drug-likeness (QED) is 0.773. The molecule has 0 aromatic heterocycles. The first-order chi connectivity index (χ1) is 8.52. The summed E-state index contributed by atoms with van der Waals surface area (Å²) >= 11 is 1.90. The van der Waals surface area contributed by atoms with Crippen LogP contribution in [0.25, 0.3) is 0 Å². The number of thioether (sulfide) groups is 1. The largest absolute Gasteiger partial charge is 0.380 e. The van der Waals surface area contributed by atoms with Gasteiger partial charge in [0.1, 0.15) is 0 Å². The highest BCUT2D eigenvalue weighted by Crippen LogP contribution is 2.26. The van der Waals surface area contributed by atoms with Crippen molar-refractivity contribution in [3.8, 4) is 0 Å². The fourth-order valence-corrected chi connectivity index (χ4v) is 3.26. The lowest BCUT2D eigenvalue weighted by Crippen LogP contribution is -2.40. The minimum Gasteiger partial charge on any atom is -0.380 e. The Balaban J connectivity index is 2.37. The van der Waals surface area contributed by atoms with E-state index in [2.05, 4.69) is 38.0 Å². The zero-order valence-electron chi connectivity index (χ0n) is 12.4. The van der Waals surface area contributed by atoms with Crippen LogP contribution >= 0.6 is 11.8 Å². The molecule has 0 bridgehead atoms. The Morgan fingerprint density at radius 2 is 2.11 bits per heavy atom. The van der Waals surface area contributed by atoms with Gasteiger partial charge in [0.2, 0.25) is 0 Å². The van der Waals surface area contributed by atoms with Crippen molar-refractivity contribution in [1.29, 1.82) is 0 Å². The number of nitrogens with one attached hydrogen (secondary N) is 1. The van der Waals surface area contributed by atoms with Crippen molar-refractivity contribution in [3.63, 3.8) is 0 Å². The molecule has 0 aromatic carbocycles. The molecule has 0 spiro atoms. The first-order valence-electron chi connectivity index (χ1n) is 7.08. The first kappa shape index (κ1) is 15.8. The average molecular weight is 272 g/mol. The van der Waals surface area contributed by atoms with Crippen LogP contribution in [0.4, 0.5) is 0 Å². The number of rotatable bonds is 7. The van der Waals surface area contributed by atoms with Gasteiger partial charge in [0.25, 0.3) is 0 Å². The van der Waals surface area contributed by atoms with Crippen LogP contribution in [0.3, 0.4) is 0 Å². The van der Waals surface area contributed by atoms with Crippen molar-refractivity contribution in [2.45, 2.75) is 52.3 Å². The molecule has 18 heavy (non-hydrogen) atoms. The zero-order valence-corrected chi connectivity index (χ0v) is 13.2. The van der Waals surface area contributed by atoms with Crippen LogP contribution in [0.5, 0.6) is 0 Å². The van der Waals surface area contributed by atoms with Crippen molar-refractivity contribution in [2.75, 3.05) is 19.8 Å². The molecule has 0 saturated carbocycles. The van der Waals surface area contributed by atoms with E-state index < -0.39 is 0 Å². The Kier molecular flexibility index (Phi) is 7.08. The van der Waals surface area contributed by atoms with Crippen LogP contribution in [0.1, 0.15) is 41.0 Å². The molecule has 1 N–H and O–H groups in total. The van der Waals surface area contributed by atoms with Gasteiger partial charge in [-0.2, -0.15) is 0 Å². The van der Waals surface area contributed by atoms with Gasteiger partial charge in [0.15, 0.2) is 5.17 Å². The highest BCUT2D eigenvalue weighted by atomic mass is 32.2. The zero-order chi connectivity index (χ0) is 13.5. The van der Waals surface area contributed by atoms with E-state index in [1.165, 1.54) is 6.42 Å². The fourth-order valence-electron chi connectivity index (χ4n) is 1.95. The molecule has 1 aliphatic rings. The topological polar surface area (TPSA) is 33.6 Å². The second-order valence-electron chi connectivity index (χ2n) is 5.67. The van der Waals surface area contributed by atoms with Gasteiger partial charge in [0.05, 0.1) is 19.2 Å². The highest BCUT2D eigenvalue weighted by molar-refractivity contribution is 8.14. The summed E-state index contributed by atoms with van der Waals surface area (Å²) in [6.45, 7) is 13.5. The van der Waals surface area contributed by atoms with Gasteiger partial charge in [0, 0.05) is 11.9 Å². The second-order valence-corrected chi connectivity index (χ2v) is 6.96. The van der Waals surface area contributed by atoms with Gasteiger partial charge in [-0.3, -0.25) is 4.99 Å². The molecule has 1 aliphatic heterocycles. The Morgan fingerprint density at radius 1 is 1.39 bits per heavy atom. The van der Waals surface area contributed by atoms with Crippen LogP contribution in [0, 0.1) is 11.8 Å². The summed E-state index contributed by atoms with van der Waals surface area (Å²) in [6.07, 6.45) is 1.25. The molecule has 0 amide bonds. The van der Waals surface area contributed by atoms with Gasteiger partial charge in [-0.1, -0.05) is 39.5 Å². The number of ether oxygens (including phenoxy) is 1. The Labute approximate surface area is 116 Å². The lowest BCUT2D eigenvalue weighted by molar-refractivity contribution is 0.115. The van der Waals surface area contributed by atoms with E-state index in [9.17, 15) is 0 Å². The predicted octanol–water partition coefficient (Wildman–Crippen LogP) is 3.15. The maximum atomic E-state index is 5.53. The smallest absolute Gasteiger partial charge is 0.157 e. The Hall–Kier alpha value is -0.220. The SMILES string of the molecule is CCOCC(NC1=NCC(CC(C)C)S1)C(C)C. The summed E-state index contributed by atoms with van der Waals surface area (Å²) in [6, 6.07) is 0.369. The number of nitrogens with zero attached hydrogens (tertiary/aromatic N) is 1. The number of hydrogen-bond donors (Lipinski definition) is 1. The van der Waals surface area contributed by atoms with E-state index in [1.54, 1.807) is 0 Å². The van der Waals surface area contributed by atoms with E-state index in [4.69, 9.17) is 4.74 Å². The summed E-state index contributed by atoms with van der Waals surface area (Å²) in [4.78, 5) is 4.61. The molecule has 4 heteroatoms. The number of aliphatic imine (C=N–C) groups is 1. The van der Waals surface area contributed by atoms with Gasteiger partial charge < -0.3 is 10.1 Å². The third-order valence-corrected chi connectivity index (χ3v) is 4.21. The normalized spacial score (nSPS) is 21.5. The average Bonchev–Trinajstić information content (AvgIpc) is 2.70. The molecule has 2 atom stereocenters. The summed E-state index contributed by atoms with van der Waals surface area (Å²) in [5, 5.41) is 5.31. The number of amidine groups is 1. The minimum absolute atomic E-state index is 0.369. The third kappa shape index (κ3) is 5.61. The van der Waals surface area contributed by atoms with E-state index >= 15 is 0 Å². The molecule has 0 aromatic rings. The lowest BCUT2D eigenvalue weighted by atomic mass is 10.1. The van der Waals surface area contributed by atoms with E-state index in [-0.39, 0.29) is 0 Å². The van der Waals surface area contributed by atoms with Crippen molar-refractivity contribution in [2.24, 2.45) is 16.8 Å². The van der Waals surface area contributed by atoms with Crippen LogP contribution in [0.15, 0.2) is 4.99 Å². The van der Waals surface area contributed by atoms with Crippen molar-refractivity contribution >= 4 is 16.9 Å². The van der Waals surface area contributed by atoms with E-state index in [1.807, 2.05) is 18.7 Å². The molecule has 0 saturated heterocycles. The third-order valence-electron chi connectivity index (χ3n) is 3.07. The van der Waals surface area contributed by atoms with Crippen molar-refractivity contribution < 1.29 is 4.74 Å². The predicted molar refractivity (Wildman–Crippen MR) is 81.4 cm³/mol. The molecular formula is C14H28N2OS. The molecule has 1 heterocycles. The summed E-state index contributed by atoms with van der Waals surface area (Å²) in [5.74, 6) is 1.31. The maximum Gasteiger partial charge on any atom is 0.157 e. The van der Waals surface area contributed by atoms with Gasteiger partial charge in [-0.25, -0.2) is 0 Å².